The molecular formula is C18H20FN3O3. The van der Waals surface area contributed by atoms with Gasteiger partial charge in [-0.05, 0) is 30.7 Å². The zero-order chi connectivity index (χ0) is 17.9. The van der Waals surface area contributed by atoms with Crippen molar-refractivity contribution in [3.63, 3.8) is 0 Å². The van der Waals surface area contributed by atoms with Crippen LogP contribution in [0, 0.1) is 5.82 Å². The highest BCUT2D eigenvalue weighted by atomic mass is 19.1. The number of hydrogen-bond acceptors (Lipinski definition) is 4. The van der Waals surface area contributed by atoms with E-state index in [0.717, 1.165) is 0 Å². The van der Waals surface area contributed by atoms with Crippen molar-refractivity contribution in [3.8, 4) is 5.75 Å². The standard InChI is InChI=1S/C18H20FN3O3/c19-15-6-1-2-7-16(15)25-12-4-8-17(23)21-10-11-22-18(24)14-5-3-9-20-13-14/h1-3,5-7,9,13H,4,8,10-12H2,(H,21,23)(H,22,24). The summed E-state index contributed by atoms with van der Waals surface area (Å²) in [7, 11) is 0. The molecule has 1 heterocycles. The minimum atomic E-state index is -0.420. The number of benzene rings is 1. The molecule has 0 saturated carbocycles. The third-order valence-electron chi connectivity index (χ3n) is 3.30. The van der Waals surface area contributed by atoms with E-state index in [1.165, 1.54) is 12.3 Å². The number of carbonyl (C=O) groups is 2. The molecule has 0 aliphatic heterocycles. The van der Waals surface area contributed by atoms with Crippen molar-refractivity contribution in [2.75, 3.05) is 19.7 Å². The van der Waals surface area contributed by atoms with Crippen LogP contribution >= 0.6 is 0 Å². The molecule has 0 aliphatic carbocycles. The largest absolute Gasteiger partial charge is 0.491 e. The van der Waals surface area contributed by atoms with Crippen molar-refractivity contribution in [1.82, 2.24) is 15.6 Å². The first-order valence-corrected chi connectivity index (χ1v) is 7.99. The first kappa shape index (κ1) is 18.4. The second-order valence-electron chi connectivity index (χ2n) is 5.23. The summed E-state index contributed by atoms with van der Waals surface area (Å²) in [6.45, 7) is 0.913. The summed E-state index contributed by atoms with van der Waals surface area (Å²) in [4.78, 5) is 27.3. The maximum absolute atomic E-state index is 13.3. The minimum Gasteiger partial charge on any atom is -0.491 e. The van der Waals surface area contributed by atoms with Crippen molar-refractivity contribution in [2.45, 2.75) is 12.8 Å². The minimum absolute atomic E-state index is 0.146. The van der Waals surface area contributed by atoms with Crippen LogP contribution in [0.2, 0.25) is 0 Å². The molecule has 0 aliphatic rings. The van der Waals surface area contributed by atoms with Gasteiger partial charge in [-0.15, -0.1) is 0 Å². The molecule has 2 rings (SSSR count). The van der Waals surface area contributed by atoms with Crippen LogP contribution in [0.4, 0.5) is 4.39 Å². The third-order valence-corrected chi connectivity index (χ3v) is 3.30. The molecule has 0 bridgehead atoms. The number of rotatable bonds is 9. The quantitative estimate of drug-likeness (QED) is 0.681. The summed E-state index contributed by atoms with van der Waals surface area (Å²) in [6.07, 6.45) is 3.81. The number of nitrogens with one attached hydrogen (secondary N) is 2. The van der Waals surface area contributed by atoms with E-state index in [0.29, 0.717) is 25.1 Å². The molecule has 0 unspecified atom stereocenters. The number of amides is 2. The lowest BCUT2D eigenvalue weighted by Crippen LogP contribution is -2.34. The van der Waals surface area contributed by atoms with Crippen molar-refractivity contribution in [2.24, 2.45) is 0 Å². The first-order valence-electron chi connectivity index (χ1n) is 7.99. The van der Waals surface area contributed by atoms with Gasteiger partial charge in [0.2, 0.25) is 5.91 Å². The van der Waals surface area contributed by atoms with Crippen LogP contribution in [0.1, 0.15) is 23.2 Å². The maximum Gasteiger partial charge on any atom is 0.252 e. The van der Waals surface area contributed by atoms with Gasteiger partial charge in [0.25, 0.3) is 5.91 Å². The lowest BCUT2D eigenvalue weighted by molar-refractivity contribution is -0.121. The van der Waals surface area contributed by atoms with Gasteiger partial charge in [0.15, 0.2) is 11.6 Å². The lowest BCUT2D eigenvalue weighted by atomic mass is 10.2. The van der Waals surface area contributed by atoms with Gasteiger partial charge in [-0.2, -0.15) is 0 Å². The lowest BCUT2D eigenvalue weighted by Gasteiger charge is -2.08. The van der Waals surface area contributed by atoms with Gasteiger partial charge >= 0.3 is 0 Å². The molecule has 1 aromatic heterocycles. The average molecular weight is 345 g/mol. The monoisotopic (exact) mass is 345 g/mol. The van der Waals surface area contributed by atoms with Gasteiger partial charge in [0.1, 0.15) is 0 Å². The number of hydrogen-bond donors (Lipinski definition) is 2. The fraction of sp³-hybridized carbons (Fsp3) is 0.278. The van der Waals surface area contributed by atoms with E-state index in [-0.39, 0.29) is 30.6 Å². The molecular weight excluding hydrogens is 325 g/mol. The van der Waals surface area contributed by atoms with Gasteiger partial charge in [-0.25, -0.2) is 4.39 Å². The number of halogens is 1. The first-order chi connectivity index (χ1) is 12.2. The zero-order valence-corrected chi connectivity index (χ0v) is 13.7. The number of ether oxygens (including phenoxy) is 1. The smallest absolute Gasteiger partial charge is 0.252 e. The molecule has 25 heavy (non-hydrogen) atoms. The third kappa shape index (κ3) is 6.58. The second kappa shape index (κ2) is 10.0. The fourth-order valence-electron chi connectivity index (χ4n) is 2.04. The number of para-hydroxylation sites is 1. The van der Waals surface area contributed by atoms with Crippen LogP contribution in [-0.2, 0) is 4.79 Å². The van der Waals surface area contributed by atoms with Crippen molar-refractivity contribution >= 4 is 11.8 Å². The Morgan fingerprint density at radius 3 is 2.64 bits per heavy atom. The van der Waals surface area contributed by atoms with Gasteiger partial charge in [-0.3, -0.25) is 14.6 Å². The summed E-state index contributed by atoms with van der Waals surface area (Å²) in [5.41, 5.74) is 0.471. The van der Waals surface area contributed by atoms with E-state index in [4.69, 9.17) is 4.74 Å². The van der Waals surface area contributed by atoms with E-state index in [9.17, 15) is 14.0 Å². The highest BCUT2D eigenvalue weighted by Gasteiger charge is 2.06. The predicted molar refractivity (Wildman–Crippen MR) is 90.7 cm³/mol. The zero-order valence-electron chi connectivity index (χ0n) is 13.7. The van der Waals surface area contributed by atoms with E-state index in [1.807, 2.05) is 0 Å². The van der Waals surface area contributed by atoms with Crippen LogP contribution in [0.3, 0.4) is 0 Å². The molecule has 7 heteroatoms. The van der Waals surface area contributed by atoms with Gasteiger partial charge < -0.3 is 15.4 Å². The summed E-state index contributed by atoms with van der Waals surface area (Å²) in [5.74, 6) is -0.620. The summed E-state index contributed by atoms with van der Waals surface area (Å²) >= 11 is 0. The van der Waals surface area contributed by atoms with Crippen molar-refractivity contribution in [3.05, 3.63) is 60.2 Å². The maximum atomic E-state index is 13.3. The molecule has 0 atom stereocenters. The summed E-state index contributed by atoms with van der Waals surface area (Å²) in [6, 6.07) is 9.48. The highest BCUT2D eigenvalue weighted by molar-refractivity contribution is 5.93. The van der Waals surface area contributed by atoms with E-state index < -0.39 is 5.82 Å². The van der Waals surface area contributed by atoms with Crippen LogP contribution in [-0.4, -0.2) is 36.5 Å². The molecule has 2 aromatic rings. The molecule has 1 aromatic carbocycles. The average Bonchev–Trinajstić information content (AvgIpc) is 2.64. The summed E-state index contributed by atoms with van der Waals surface area (Å²) in [5, 5.41) is 5.39. The Bertz CT molecular complexity index is 695. The fourth-order valence-corrected chi connectivity index (χ4v) is 2.04. The van der Waals surface area contributed by atoms with E-state index >= 15 is 0 Å². The number of nitrogens with zero attached hydrogens (tertiary/aromatic N) is 1. The number of carbonyl (C=O) groups excluding carboxylic acids is 2. The Morgan fingerprint density at radius 2 is 1.88 bits per heavy atom. The van der Waals surface area contributed by atoms with Crippen molar-refractivity contribution < 1.29 is 18.7 Å². The molecule has 132 valence electrons. The topological polar surface area (TPSA) is 80.3 Å². The van der Waals surface area contributed by atoms with Crippen LogP contribution in [0.5, 0.6) is 5.75 Å². The Morgan fingerprint density at radius 1 is 1.08 bits per heavy atom. The van der Waals surface area contributed by atoms with Crippen LogP contribution in [0.15, 0.2) is 48.8 Å². The Kier molecular flexibility index (Phi) is 7.37. The van der Waals surface area contributed by atoms with Gasteiger partial charge in [0, 0.05) is 31.9 Å². The van der Waals surface area contributed by atoms with E-state index in [2.05, 4.69) is 15.6 Å². The Hall–Kier alpha value is -2.96. The molecule has 0 radical (unpaired) electrons. The van der Waals surface area contributed by atoms with Crippen molar-refractivity contribution in [1.29, 1.82) is 0 Å². The molecule has 0 spiro atoms. The second-order valence-corrected chi connectivity index (χ2v) is 5.23. The normalized spacial score (nSPS) is 10.1. The SMILES string of the molecule is O=C(CCCOc1ccccc1F)NCCNC(=O)c1cccnc1. The Balaban J connectivity index is 1.54. The number of pyridine rings is 1. The molecule has 0 saturated heterocycles. The van der Waals surface area contributed by atoms with E-state index in [1.54, 1.807) is 36.5 Å². The Labute approximate surface area is 145 Å². The molecule has 2 N–H and O–H groups in total. The molecule has 0 fully saturated rings. The highest BCUT2D eigenvalue weighted by Crippen LogP contribution is 2.15. The van der Waals surface area contributed by atoms with Gasteiger partial charge in [-0.1, -0.05) is 12.1 Å². The van der Waals surface area contributed by atoms with Crippen LogP contribution < -0.4 is 15.4 Å². The predicted octanol–water partition coefficient (Wildman–Crippen LogP) is 1.93. The van der Waals surface area contributed by atoms with Gasteiger partial charge in [0.05, 0.1) is 12.2 Å². The molecule has 2 amide bonds. The summed E-state index contributed by atoms with van der Waals surface area (Å²) < 4.78 is 18.6. The number of aromatic nitrogens is 1. The van der Waals surface area contributed by atoms with Crippen LogP contribution in [0.25, 0.3) is 0 Å². The molecule has 6 nitrogen and oxygen atoms in total.